The van der Waals surface area contributed by atoms with Crippen LogP contribution in [0.25, 0.3) is 0 Å². The zero-order chi connectivity index (χ0) is 18.9. The molecule has 6 nitrogen and oxygen atoms in total. The normalized spacial score (nSPS) is 19.9. The highest BCUT2D eigenvalue weighted by Gasteiger charge is 2.52. The number of urea groups is 1. The molecule has 0 aromatic heterocycles. The van der Waals surface area contributed by atoms with Crippen LogP contribution in [0.1, 0.15) is 51.1 Å². The van der Waals surface area contributed by atoms with E-state index in [1.165, 1.54) is 12.1 Å². The fourth-order valence-electron chi connectivity index (χ4n) is 3.80. The second-order valence-corrected chi connectivity index (χ2v) is 7.45. The summed E-state index contributed by atoms with van der Waals surface area (Å²) in [5, 5.41) is 5.63. The van der Waals surface area contributed by atoms with Crippen LogP contribution < -0.4 is 10.6 Å². The highest BCUT2D eigenvalue weighted by atomic mass is 19.1. The van der Waals surface area contributed by atoms with E-state index in [0.29, 0.717) is 12.8 Å². The first-order chi connectivity index (χ1) is 12.3. The molecule has 7 heteroatoms. The van der Waals surface area contributed by atoms with Crippen LogP contribution in [0.2, 0.25) is 0 Å². The summed E-state index contributed by atoms with van der Waals surface area (Å²) in [6.07, 6.45) is 3.04. The van der Waals surface area contributed by atoms with E-state index in [1.807, 2.05) is 13.8 Å². The topological polar surface area (TPSA) is 78.5 Å². The van der Waals surface area contributed by atoms with Gasteiger partial charge in [0.05, 0.1) is 6.04 Å². The Hall–Kier alpha value is -2.44. The molecule has 2 fully saturated rings. The van der Waals surface area contributed by atoms with E-state index in [-0.39, 0.29) is 30.2 Å². The van der Waals surface area contributed by atoms with Gasteiger partial charge in [-0.1, -0.05) is 38.8 Å². The molecule has 1 aromatic rings. The van der Waals surface area contributed by atoms with Crippen LogP contribution in [0.5, 0.6) is 0 Å². The fraction of sp³-hybridized carbons (Fsp3) is 0.526. The second-order valence-electron chi connectivity index (χ2n) is 7.45. The number of amides is 4. The van der Waals surface area contributed by atoms with Crippen LogP contribution in [0, 0.1) is 11.7 Å². The minimum atomic E-state index is -0.814. The molecule has 2 aliphatic rings. The van der Waals surface area contributed by atoms with Crippen molar-refractivity contribution in [2.24, 2.45) is 5.92 Å². The lowest BCUT2D eigenvalue weighted by molar-refractivity contribution is -0.135. The van der Waals surface area contributed by atoms with Crippen LogP contribution >= 0.6 is 0 Å². The van der Waals surface area contributed by atoms with Gasteiger partial charge in [-0.25, -0.2) is 9.18 Å². The third-order valence-corrected chi connectivity index (χ3v) is 5.22. The van der Waals surface area contributed by atoms with E-state index in [2.05, 4.69) is 10.6 Å². The van der Waals surface area contributed by atoms with Crippen LogP contribution in [-0.4, -0.2) is 34.8 Å². The number of rotatable bonds is 5. The highest BCUT2D eigenvalue weighted by molar-refractivity contribution is 6.09. The molecule has 1 saturated heterocycles. The third kappa shape index (κ3) is 3.43. The van der Waals surface area contributed by atoms with Gasteiger partial charge in [-0.15, -0.1) is 0 Å². The van der Waals surface area contributed by atoms with E-state index < -0.39 is 17.5 Å². The lowest BCUT2D eigenvalue weighted by atomic mass is 9.96. The number of carbonyl (C=O) groups is 3. The molecule has 1 aliphatic heterocycles. The number of imide groups is 1. The molecule has 26 heavy (non-hydrogen) atoms. The molecule has 1 unspecified atom stereocenters. The van der Waals surface area contributed by atoms with Crippen molar-refractivity contribution in [1.29, 1.82) is 0 Å². The lowest BCUT2D eigenvalue weighted by Gasteiger charge is -2.24. The molecule has 0 radical (unpaired) electrons. The van der Waals surface area contributed by atoms with Crippen molar-refractivity contribution in [3.63, 3.8) is 0 Å². The van der Waals surface area contributed by atoms with Gasteiger partial charge < -0.3 is 10.6 Å². The molecule has 4 amide bonds. The summed E-state index contributed by atoms with van der Waals surface area (Å²) in [4.78, 5) is 38.3. The number of halogens is 1. The van der Waals surface area contributed by atoms with Crippen LogP contribution in [0.3, 0.4) is 0 Å². The van der Waals surface area contributed by atoms with Crippen LogP contribution in [-0.2, 0) is 9.59 Å². The molecule has 0 bridgehead atoms. The monoisotopic (exact) mass is 361 g/mol. The molecule has 3 rings (SSSR count). The summed E-state index contributed by atoms with van der Waals surface area (Å²) >= 11 is 0. The number of nitrogens with zero attached hydrogens (tertiary/aromatic N) is 1. The average molecular weight is 361 g/mol. The predicted octanol–water partition coefficient (Wildman–Crippen LogP) is 2.50. The Labute approximate surface area is 152 Å². The van der Waals surface area contributed by atoms with Crippen LogP contribution in [0.15, 0.2) is 24.3 Å². The van der Waals surface area contributed by atoms with E-state index in [9.17, 15) is 18.8 Å². The summed E-state index contributed by atoms with van der Waals surface area (Å²) in [7, 11) is 0. The Morgan fingerprint density at radius 1 is 1.23 bits per heavy atom. The van der Waals surface area contributed by atoms with E-state index >= 15 is 0 Å². The minimum absolute atomic E-state index is 0.0636. The molecule has 1 aromatic carbocycles. The summed E-state index contributed by atoms with van der Waals surface area (Å²) in [5.41, 5.74) is -0.0367. The predicted molar refractivity (Wildman–Crippen MR) is 93.6 cm³/mol. The third-order valence-electron chi connectivity index (χ3n) is 5.22. The van der Waals surface area contributed by atoms with E-state index in [4.69, 9.17) is 0 Å². The molecule has 1 heterocycles. The number of carbonyl (C=O) groups excluding carboxylic acids is 3. The summed E-state index contributed by atoms with van der Waals surface area (Å²) in [5.74, 6) is -0.998. The van der Waals surface area contributed by atoms with Crippen molar-refractivity contribution in [1.82, 2.24) is 15.5 Å². The minimum Gasteiger partial charge on any atom is -0.347 e. The summed E-state index contributed by atoms with van der Waals surface area (Å²) < 4.78 is 13.1. The van der Waals surface area contributed by atoms with Crippen molar-refractivity contribution < 1.29 is 18.8 Å². The number of benzene rings is 1. The summed E-state index contributed by atoms with van der Waals surface area (Å²) in [6.45, 7) is 3.57. The number of hydrogen-bond acceptors (Lipinski definition) is 3. The maximum atomic E-state index is 13.1. The van der Waals surface area contributed by atoms with Gasteiger partial charge in [-0.2, -0.15) is 0 Å². The first kappa shape index (κ1) is 18.4. The molecule has 1 aliphatic carbocycles. The van der Waals surface area contributed by atoms with E-state index in [1.54, 1.807) is 12.1 Å². The maximum absolute atomic E-state index is 13.1. The van der Waals surface area contributed by atoms with Crippen molar-refractivity contribution in [2.45, 2.75) is 51.1 Å². The SMILES string of the molecule is CC(C)C(NC(=O)CN1C(=O)NC2(CCCC2)C1=O)c1ccc(F)cc1. The zero-order valence-electron chi connectivity index (χ0n) is 15.0. The summed E-state index contributed by atoms with van der Waals surface area (Å²) in [6, 6.07) is 5.11. The average Bonchev–Trinajstić information content (AvgIpc) is 3.15. The second kappa shape index (κ2) is 7.05. The maximum Gasteiger partial charge on any atom is 0.325 e. The van der Waals surface area contributed by atoms with Gasteiger partial charge in [0, 0.05) is 0 Å². The quantitative estimate of drug-likeness (QED) is 0.791. The van der Waals surface area contributed by atoms with Gasteiger partial charge >= 0.3 is 6.03 Å². The van der Waals surface area contributed by atoms with Crippen LogP contribution in [0.4, 0.5) is 9.18 Å². The van der Waals surface area contributed by atoms with Crippen molar-refractivity contribution in [3.05, 3.63) is 35.6 Å². The Balaban J connectivity index is 1.68. The van der Waals surface area contributed by atoms with E-state index in [0.717, 1.165) is 23.3 Å². The molecule has 1 spiro atoms. The van der Waals surface area contributed by atoms with Crippen molar-refractivity contribution in [3.8, 4) is 0 Å². The highest BCUT2D eigenvalue weighted by Crippen LogP contribution is 2.35. The first-order valence-electron chi connectivity index (χ1n) is 9.01. The molecule has 1 saturated carbocycles. The van der Waals surface area contributed by atoms with Gasteiger partial charge in [0.1, 0.15) is 17.9 Å². The van der Waals surface area contributed by atoms with Gasteiger partial charge in [-0.05, 0) is 36.5 Å². The Bertz CT molecular complexity index is 711. The van der Waals surface area contributed by atoms with Crippen molar-refractivity contribution in [2.75, 3.05) is 6.54 Å². The Morgan fingerprint density at radius 2 is 1.85 bits per heavy atom. The smallest absolute Gasteiger partial charge is 0.325 e. The molecule has 1 atom stereocenters. The first-order valence-corrected chi connectivity index (χ1v) is 9.01. The van der Waals surface area contributed by atoms with Crippen molar-refractivity contribution >= 4 is 17.8 Å². The van der Waals surface area contributed by atoms with Gasteiger partial charge in [0.2, 0.25) is 5.91 Å². The molecular formula is C19H24FN3O3. The van der Waals surface area contributed by atoms with Gasteiger partial charge in [0.15, 0.2) is 0 Å². The molecule has 2 N–H and O–H groups in total. The van der Waals surface area contributed by atoms with Gasteiger partial charge in [-0.3, -0.25) is 14.5 Å². The Kier molecular flexibility index (Phi) is 4.98. The molecular weight excluding hydrogens is 337 g/mol. The fourth-order valence-corrected chi connectivity index (χ4v) is 3.80. The Morgan fingerprint density at radius 3 is 2.42 bits per heavy atom. The van der Waals surface area contributed by atoms with Gasteiger partial charge in [0.25, 0.3) is 5.91 Å². The standard InChI is InChI=1S/C19H24FN3O3/c1-12(2)16(13-5-7-14(20)8-6-13)21-15(24)11-23-17(25)19(22-18(23)26)9-3-4-10-19/h5-8,12,16H,3-4,9-11H2,1-2H3,(H,21,24)(H,22,26). The molecule has 140 valence electrons. The number of hydrogen-bond donors (Lipinski definition) is 2. The zero-order valence-corrected chi connectivity index (χ0v) is 15.0. The lowest BCUT2D eigenvalue weighted by Crippen LogP contribution is -2.46. The largest absolute Gasteiger partial charge is 0.347 e. The number of nitrogens with one attached hydrogen (secondary N) is 2.